The molecular weight excluding hydrogens is 343 g/mol. The van der Waals surface area contributed by atoms with Crippen LogP contribution in [0.3, 0.4) is 0 Å². The van der Waals surface area contributed by atoms with Gasteiger partial charge >= 0.3 is 5.69 Å². The molecular formula is C15H16F3N3O2S. The third-order valence-corrected chi connectivity index (χ3v) is 4.70. The van der Waals surface area contributed by atoms with Crippen LogP contribution in [0.2, 0.25) is 0 Å². The van der Waals surface area contributed by atoms with Gasteiger partial charge in [-0.05, 0) is 25.1 Å². The standard InChI is InChI=1S/C15H16F3N3O2S/c1-3-24(23)12-5-4-7-19-13(12)11-6-8-21(14(22)20-11)9-15(17,18)10(2)16/h4-8,10H,3,9H2,1-2H3. The Kier molecular flexibility index (Phi) is 5.53. The van der Waals surface area contributed by atoms with Crippen LogP contribution in [0.15, 0.2) is 40.3 Å². The van der Waals surface area contributed by atoms with Gasteiger partial charge in [0.1, 0.15) is 5.69 Å². The quantitative estimate of drug-likeness (QED) is 0.795. The molecule has 130 valence electrons. The van der Waals surface area contributed by atoms with Crippen LogP contribution in [0.25, 0.3) is 11.4 Å². The van der Waals surface area contributed by atoms with Gasteiger partial charge in [-0.3, -0.25) is 13.8 Å². The number of aromatic nitrogens is 3. The summed E-state index contributed by atoms with van der Waals surface area (Å²) in [7, 11) is -1.32. The smallest absolute Gasteiger partial charge is 0.293 e. The van der Waals surface area contributed by atoms with Crippen molar-refractivity contribution in [1.82, 2.24) is 14.5 Å². The summed E-state index contributed by atoms with van der Waals surface area (Å²) in [4.78, 5) is 20.2. The molecule has 0 aromatic carbocycles. The summed E-state index contributed by atoms with van der Waals surface area (Å²) in [6.45, 7) is 1.36. The zero-order valence-electron chi connectivity index (χ0n) is 13.1. The Bertz CT molecular complexity index is 809. The summed E-state index contributed by atoms with van der Waals surface area (Å²) in [5.74, 6) is -3.32. The lowest BCUT2D eigenvalue weighted by Gasteiger charge is -2.18. The van der Waals surface area contributed by atoms with Crippen LogP contribution in [0.5, 0.6) is 0 Å². The lowest BCUT2D eigenvalue weighted by molar-refractivity contribution is -0.0786. The molecule has 5 nitrogen and oxygen atoms in total. The molecule has 2 atom stereocenters. The van der Waals surface area contributed by atoms with E-state index in [1.165, 1.54) is 12.3 Å². The molecule has 2 aromatic rings. The number of nitrogens with zero attached hydrogens (tertiary/aromatic N) is 3. The van der Waals surface area contributed by atoms with Crippen LogP contribution in [0.1, 0.15) is 13.8 Å². The Morgan fingerprint density at radius 2 is 2.08 bits per heavy atom. The highest BCUT2D eigenvalue weighted by Crippen LogP contribution is 2.24. The molecule has 0 spiro atoms. The molecule has 9 heteroatoms. The first-order valence-corrected chi connectivity index (χ1v) is 8.51. The molecule has 0 saturated heterocycles. The fourth-order valence-electron chi connectivity index (χ4n) is 1.96. The van der Waals surface area contributed by atoms with Gasteiger partial charge in [-0.1, -0.05) is 6.92 Å². The van der Waals surface area contributed by atoms with E-state index in [4.69, 9.17) is 0 Å². The molecule has 2 aromatic heterocycles. The Hall–Kier alpha value is -2.03. The largest absolute Gasteiger partial charge is 0.348 e. The third kappa shape index (κ3) is 3.89. The van der Waals surface area contributed by atoms with E-state index in [1.54, 1.807) is 19.1 Å². The van der Waals surface area contributed by atoms with Crippen molar-refractivity contribution in [3.63, 3.8) is 0 Å². The van der Waals surface area contributed by atoms with Gasteiger partial charge in [0.15, 0.2) is 6.17 Å². The zero-order valence-corrected chi connectivity index (χ0v) is 13.9. The van der Waals surface area contributed by atoms with Crippen molar-refractivity contribution >= 4 is 10.8 Å². The van der Waals surface area contributed by atoms with Crippen molar-refractivity contribution in [2.45, 2.75) is 37.4 Å². The van der Waals surface area contributed by atoms with Gasteiger partial charge in [0.05, 0.1) is 27.9 Å². The average Bonchev–Trinajstić information content (AvgIpc) is 2.55. The van der Waals surface area contributed by atoms with Gasteiger partial charge in [-0.25, -0.2) is 18.0 Å². The Labute approximate surface area is 139 Å². The molecule has 0 aliphatic heterocycles. The fourth-order valence-corrected chi connectivity index (χ4v) is 2.87. The number of halogens is 3. The Balaban J connectivity index is 2.42. The highest BCUT2D eigenvalue weighted by atomic mass is 32.2. The highest BCUT2D eigenvalue weighted by Gasteiger charge is 2.37. The van der Waals surface area contributed by atoms with Gasteiger partial charge in [-0.15, -0.1) is 0 Å². The van der Waals surface area contributed by atoms with Crippen molar-refractivity contribution < 1.29 is 17.4 Å². The number of rotatable bonds is 6. The van der Waals surface area contributed by atoms with Crippen LogP contribution >= 0.6 is 0 Å². The second-order valence-electron chi connectivity index (χ2n) is 5.08. The maximum atomic E-state index is 13.4. The van der Waals surface area contributed by atoms with E-state index in [0.717, 1.165) is 13.1 Å². The Morgan fingerprint density at radius 3 is 2.67 bits per heavy atom. The average molecular weight is 359 g/mol. The molecule has 24 heavy (non-hydrogen) atoms. The maximum Gasteiger partial charge on any atom is 0.348 e. The van der Waals surface area contributed by atoms with E-state index < -0.39 is 35.1 Å². The summed E-state index contributed by atoms with van der Waals surface area (Å²) in [5.41, 5.74) is -0.565. The van der Waals surface area contributed by atoms with Gasteiger partial charge < -0.3 is 0 Å². The van der Waals surface area contributed by atoms with Crippen LogP contribution < -0.4 is 5.69 Å². The summed E-state index contributed by atoms with van der Waals surface area (Å²) in [6.07, 6.45) is 0.171. The SMILES string of the molecule is CCS(=O)c1cccnc1-c1ccn(CC(F)(F)C(C)F)c(=O)n1. The first kappa shape index (κ1) is 18.3. The molecule has 0 aliphatic rings. The molecule has 2 rings (SSSR count). The molecule has 0 radical (unpaired) electrons. The Morgan fingerprint density at radius 1 is 1.38 bits per heavy atom. The van der Waals surface area contributed by atoms with Crippen molar-refractivity contribution in [2.75, 3.05) is 5.75 Å². The summed E-state index contributed by atoms with van der Waals surface area (Å²) in [5, 5.41) is 0. The fraction of sp³-hybridized carbons (Fsp3) is 0.400. The normalized spacial score (nSPS) is 14.4. The molecule has 0 bridgehead atoms. The van der Waals surface area contributed by atoms with Crippen molar-refractivity contribution in [3.05, 3.63) is 41.1 Å². The van der Waals surface area contributed by atoms with Gasteiger partial charge in [0, 0.05) is 18.1 Å². The van der Waals surface area contributed by atoms with Crippen LogP contribution in [0, 0.1) is 0 Å². The van der Waals surface area contributed by atoms with E-state index in [-0.39, 0.29) is 11.4 Å². The van der Waals surface area contributed by atoms with E-state index in [1.807, 2.05) is 0 Å². The number of alkyl halides is 3. The highest BCUT2D eigenvalue weighted by molar-refractivity contribution is 7.85. The first-order chi connectivity index (χ1) is 11.3. The van der Waals surface area contributed by atoms with Gasteiger partial charge in [0.2, 0.25) is 0 Å². The zero-order chi connectivity index (χ0) is 17.9. The van der Waals surface area contributed by atoms with Crippen LogP contribution in [-0.4, -0.2) is 36.6 Å². The molecule has 0 N–H and O–H groups in total. The van der Waals surface area contributed by atoms with Crippen molar-refractivity contribution in [2.24, 2.45) is 0 Å². The van der Waals surface area contributed by atoms with Crippen LogP contribution in [-0.2, 0) is 17.3 Å². The third-order valence-electron chi connectivity index (χ3n) is 3.36. The summed E-state index contributed by atoms with van der Waals surface area (Å²) >= 11 is 0. The predicted octanol–water partition coefficient (Wildman–Crippen LogP) is 2.43. The predicted molar refractivity (Wildman–Crippen MR) is 84.2 cm³/mol. The molecule has 0 amide bonds. The lowest BCUT2D eigenvalue weighted by atomic mass is 10.2. The van der Waals surface area contributed by atoms with E-state index >= 15 is 0 Å². The maximum absolute atomic E-state index is 13.4. The number of hydrogen-bond acceptors (Lipinski definition) is 4. The van der Waals surface area contributed by atoms with Gasteiger partial charge in [-0.2, -0.15) is 4.98 Å². The molecule has 2 unspecified atom stereocenters. The van der Waals surface area contributed by atoms with Crippen molar-refractivity contribution in [3.8, 4) is 11.4 Å². The molecule has 0 aliphatic carbocycles. The van der Waals surface area contributed by atoms with Crippen molar-refractivity contribution in [1.29, 1.82) is 0 Å². The topological polar surface area (TPSA) is 64.8 Å². The lowest BCUT2D eigenvalue weighted by Crippen LogP contribution is -2.37. The second kappa shape index (κ2) is 7.25. The van der Waals surface area contributed by atoms with Crippen LogP contribution in [0.4, 0.5) is 13.2 Å². The summed E-state index contributed by atoms with van der Waals surface area (Å²) < 4.78 is 52.4. The molecule has 2 heterocycles. The van der Waals surface area contributed by atoms with E-state index in [9.17, 15) is 22.2 Å². The minimum atomic E-state index is -3.67. The minimum Gasteiger partial charge on any atom is -0.293 e. The van der Waals surface area contributed by atoms with Gasteiger partial charge in [0.25, 0.3) is 5.92 Å². The minimum absolute atomic E-state index is 0.130. The first-order valence-electron chi connectivity index (χ1n) is 7.19. The molecule has 0 fully saturated rings. The number of hydrogen-bond donors (Lipinski definition) is 0. The van der Waals surface area contributed by atoms with E-state index in [0.29, 0.717) is 15.2 Å². The number of pyridine rings is 1. The van der Waals surface area contributed by atoms with E-state index in [2.05, 4.69) is 9.97 Å². The summed E-state index contributed by atoms with van der Waals surface area (Å²) in [6, 6.07) is 4.53. The second-order valence-corrected chi connectivity index (χ2v) is 6.79. The monoisotopic (exact) mass is 359 g/mol. The molecule has 0 saturated carbocycles.